The van der Waals surface area contributed by atoms with E-state index in [1.54, 1.807) is 18.0 Å². The second-order valence-electron chi connectivity index (χ2n) is 5.39. The first-order chi connectivity index (χ1) is 7.99. The van der Waals surface area contributed by atoms with Crippen LogP contribution >= 0.6 is 0 Å². The standard InChI is InChI=1S/C13H22N2O2/c1-9-5-6-13(16,10(2)7-9)12-11(17-4)8-14-15(12)3/h8-10,16H,5-7H2,1-4H3. The van der Waals surface area contributed by atoms with Crippen LogP contribution in [-0.4, -0.2) is 22.0 Å². The number of aromatic nitrogens is 2. The molecule has 17 heavy (non-hydrogen) atoms. The molecule has 96 valence electrons. The van der Waals surface area contributed by atoms with E-state index in [1.165, 1.54) is 0 Å². The summed E-state index contributed by atoms with van der Waals surface area (Å²) < 4.78 is 7.06. The van der Waals surface area contributed by atoms with Crippen LogP contribution in [0.2, 0.25) is 0 Å². The van der Waals surface area contributed by atoms with Crippen molar-refractivity contribution in [1.82, 2.24) is 9.78 Å². The monoisotopic (exact) mass is 238 g/mol. The molecule has 0 radical (unpaired) electrons. The van der Waals surface area contributed by atoms with Gasteiger partial charge in [-0.25, -0.2) is 0 Å². The summed E-state index contributed by atoms with van der Waals surface area (Å²) in [6.45, 7) is 4.36. The summed E-state index contributed by atoms with van der Waals surface area (Å²) in [7, 11) is 3.49. The molecule has 1 heterocycles. The van der Waals surface area contributed by atoms with Gasteiger partial charge in [-0.05, 0) is 31.1 Å². The highest BCUT2D eigenvalue weighted by Gasteiger charge is 2.43. The number of nitrogens with zero attached hydrogens (tertiary/aromatic N) is 2. The molecule has 1 saturated carbocycles. The molecule has 3 atom stereocenters. The van der Waals surface area contributed by atoms with E-state index in [4.69, 9.17) is 4.74 Å². The van der Waals surface area contributed by atoms with E-state index in [2.05, 4.69) is 18.9 Å². The molecular formula is C13H22N2O2. The van der Waals surface area contributed by atoms with Gasteiger partial charge < -0.3 is 9.84 Å². The lowest BCUT2D eigenvalue weighted by atomic mass is 9.70. The lowest BCUT2D eigenvalue weighted by Gasteiger charge is -2.40. The van der Waals surface area contributed by atoms with Crippen LogP contribution in [0, 0.1) is 11.8 Å². The van der Waals surface area contributed by atoms with Crippen molar-refractivity contribution in [2.45, 2.75) is 38.7 Å². The first kappa shape index (κ1) is 12.4. The minimum absolute atomic E-state index is 0.232. The third kappa shape index (κ3) is 1.95. The Morgan fingerprint density at radius 2 is 2.24 bits per heavy atom. The molecule has 1 fully saturated rings. The van der Waals surface area contributed by atoms with Gasteiger partial charge in [0.2, 0.25) is 0 Å². The maximum absolute atomic E-state index is 11.0. The number of rotatable bonds is 2. The molecule has 1 N–H and O–H groups in total. The molecule has 1 aromatic heterocycles. The van der Waals surface area contributed by atoms with Crippen molar-refractivity contribution in [3.8, 4) is 5.75 Å². The van der Waals surface area contributed by atoms with Gasteiger partial charge in [-0.15, -0.1) is 0 Å². The molecule has 1 aromatic rings. The zero-order valence-corrected chi connectivity index (χ0v) is 11.1. The van der Waals surface area contributed by atoms with Crippen molar-refractivity contribution >= 4 is 0 Å². The fourth-order valence-electron chi connectivity index (χ4n) is 3.04. The number of aryl methyl sites for hydroxylation is 1. The second-order valence-corrected chi connectivity index (χ2v) is 5.39. The Kier molecular flexibility index (Phi) is 3.17. The van der Waals surface area contributed by atoms with Crippen molar-refractivity contribution in [2.24, 2.45) is 18.9 Å². The van der Waals surface area contributed by atoms with Crippen LogP contribution in [-0.2, 0) is 12.6 Å². The predicted molar refractivity (Wildman–Crippen MR) is 65.8 cm³/mol. The molecule has 3 unspecified atom stereocenters. The van der Waals surface area contributed by atoms with Gasteiger partial charge in [0, 0.05) is 7.05 Å². The fraction of sp³-hybridized carbons (Fsp3) is 0.769. The van der Waals surface area contributed by atoms with E-state index in [1.807, 2.05) is 7.05 Å². The third-order valence-electron chi connectivity index (χ3n) is 4.12. The van der Waals surface area contributed by atoms with Gasteiger partial charge in [0.15, 0.2) is 5.75 Å². The minimum Gasteiger partial charge on any atom is -0.493 e. The lowest BCUT2D eigenvalue weighted by molar-refractivity contribution is -0.0662. The first-order valence-electron chi connectivity index (χ1n) is 6.28. The molecule has 1 aliphatic carbocycles. The Bertz CT molecular complexity index is 402. The molecule has 4 heteroatoms. The van der Waals surface area contributed by atoms with E-state index in [0.29, 0.717) is 11.7 Å². The normalized spacial score (nSPS) is 33.7. The Hall–Kier alpha value is -1.03. The predicted octanol–water partition coefficient (Wildman–Crippen LogP) is 2.07. The smallest absolute Gasteiger partial charge is 0.162 e. The van der Waals surface area contributed by atoms with Crippen LogP contribution < -0.4 is 4.74 Å². The summed E-state index contributed by atoms with van der Waals surface area (Å²) in [5.41, 5.74) is 0.0164. The second kappa shape index (κ2) is 4.33. The van der Waals surface area contributed by atoms with Gasteiger partial charge in [0.1, 0.15) is 11.3 Å². The molecular weight excluding hydrogens is 216 g/mol. The first-order valence-corrected chi connectivity index (χ1v) is 6.28. The van der Waals surface area contributed by atoms with Gasteiger partial charge in [-0.3, -0.25) is 4.68 Å². The fourth-order valence-corrected chi connectivity index (χ4v) is 3.04. The molecule has 0 aliphatic heterocycles. The molecule has 0 aromatic carbocycles. The minimum atomic E-state index is -0.802. The Labute approximate surface area is 103 Å². The maximum atomic E-state index is 11.0. The van der Waals surface area contributed by atoms with Gasteiger partial charge in [-0.1, -0.05) is 13.8 Å². The van der Waals surface area contributed by atoms with Gasteiger partial charge in [0.05, 0.1) is 13.3 Å². The van der Waals surface area contributed by atoms with Crippen molar-refractivity contribution < 1.29 is 9.84 Å². The topological polar surface area (TPSA) is 47.3 Å². The number of hydrogen-bond donors (Lipinski definition) is 1. The summed E-state index contributed by atoms with van der Waals surface area (Å²) in [5.74, 6) is 1.61. The number of aliphatic hydroxyl groups is 1. The summed E-state index contributed by atoms with van der Waals surface area (Å²) in [5, 5.41) is 15.2. The summed E-state index contributed by atoms with van der Waals surface area (Å²) in [6.07, 6.45) is 4.56. The highest BCUT2D eigenvalue weighted by Crippen LogP contribution is 2.46. The van der Waals surface area contributed by atoms with Crippen LogP contribution in [0.4, 0.5) is 0 Å². The Morgan fingerprint density at radius 3 is 2.82 bits per heavy atom. The number of ether oxygens (including phenoxy) is 1. The third-order valence-corrected chi connectivity index (χ3v) is 4.12. The van der Waals surface area contributed by atoms with E-state index in [9.17, 15) is 5.11 Å². The van der Waals surface area contributed by atoms with E-state index >= 15 is 0 Å². The molecule has 0 saturated heterocycles. The molecule has 1 aliphatic rings. The van der Waals surface area contributed by atoms with Crippen LogP contribution in [0.1, 0.15) is 38.8 Å². The Balaban J connectivity index is 2.40. The van der Waals surface area contributed by atoms with Gasteiger partial charge >= 0.3 is 0 Å². The summed E-state index contributed by atoms with van der Waals surface area (Å²) in [6, 6.07) is 0. The molecule has 0 amide bonds. The van der Waals surface area contributed by atoms with Crippen LogP contribution in [0.15, 0.2) is 6.20 Å². The number of methoxy groups -OCH3 is 1. The van der Waals surface area contributed by atoms with E-state index in [0.717, 1.165) is 25.0 Å². The van der Waals surface area contributed by atoms with Gasteiger partial charge in [-0.2, -0.15) is 5.10 Å². The van der Waals surface area contributed by atoms with E-state index in [-0.39, 0.29) is 5.92 Å². The molecule has 0 bridgehead atoms. The highest BCUT2D eigenvalue weighted by atomic mass is 16.5. The van der Waals surface area contributed by atoms with Crippen molar-refractivity contribution in [1.29, 1.82) is 0 Å². The van der Waals surface area contributed by atoms with Gasteiger partial charge in [0.25, 0.3) is 0 Å². The average molecular weight is 238 g/mol. The lowest BCUT2D eigenvalue weighted by Crippen LogP contribution is -2.40. The SMILES string of the molecule is COc1cnn(C)c1C1(O)CCC(C)CC1C. The van der Waals surface area contributed by atoms with E-state index < -0.39 is 5.60 Å². The summed E-state index contributed by atoms with van der Waals surface area (Å²) in [4.78, 5) is 0. The van der Waals surface area contributed by atoms with Crippen molar-refractivity contribution in [3.63, 3.8) is 0 Å². The molecule has 4 nitrogen and oxygen atoms in total. The van der Waals surface area contributed by atoms with Crippen LogP contribution in [0.5, 0.6) is 5.75 Å². The Morgan fingerprint density at radius 1 is 1.53 bits per heavy atom. The van der Waals surface area contributed by atoms with Crippen molar-refractivity contribution in [2.75, 3.05) is 7.11 Å². The van der Waals surface area contributed by atoms with Crippen molar-refractivity contribution in [3.05, 3.63) is 11.9 Å². The quantitative estimate of drug-likeness (QED) is 0.858. The highest BCUT2D eigenvalue weighted by molar-refractivity contribution is 5.31. The summed E-state index contributed by atoms with van der Waals surface area (Å²) >= 11 is 0. The largest absolute Gasteiger partial charge is 0.493 e. The zero-order chi connectivity index (χ0) is 12.6. The molecule has 0 spiro atoms. The van der Waals surface area contributed by atoms with Crippen LogP contribution in [0.25, 0.3) is 0 Å². The zero-order valence-electron chi connectivity index (χ0n) is 11.1. The molecule has 2 rings (SSSR count). The maximum Gasteiger partial charge on any atom is 0.162 e. The van der Waals surface area contributed by atoms with Crippen LogP contribution in [0.3, 0.4) is 0 Å². The number of hydrogen-bond acceptors (Lipinski definition) is 3. The average Bonchev–Trinajstić information content (AvgIpc) is 2.66.